The fourth-order valence-electron chi connectivity index (χ4n) is 2.88. The summed E-state index contributed by atoms with van der Waals surface area (Å²) in [6, 6.07) is 8.81. The van der Waals surface area contributed by atoms with Crippen LogP contribution < -0.4 is 10.6 Å². The summed E-state index contributed by atoms with van der Waals surface area (Å²) in [5.41, 5.74) is 2.80. The van der Waals surface area contributed by atoms with Crippen molar-refractivity contribution in [2.24, 2.45) is 4.99 Å². The van der Waals surface area contributed by atoms with Gasteiger partial charge in [0, 0.05) is 33.2 Å². The van der Waals surface area contributed by atoms with Gasteiger partial charge in [0.1, 0.15) is 0 Å². The number of aliphatic imine (C=N–C) groups is 1. The van der Waals surface area contributed by atoms with Gasteiger partial charge < -0.3 is 15.4 Å². The van der Waals surface area contributed by atoms with Gasteiger partial charge >= 0.3 is 0 Å². The quantitative estimate of drug-likeness (QED) is 0.649. The fraction of sp³-hybridized carbons (Fsp3) is 0.611. The van der Waals surface area contributed by atoms with E-state index in [2.05, 4.69) is 53.7 Å². The molecule has 0 heterocycles. The molecule has 1 aromatic rings. The second-order valence-electron chi connectivity index (χ2n) is 6.56. The minimum Gasteiger partial charge on any atom is -0.377 e. The molecule has 1 aromatic carbocycles. The Hall–Kier alpha value is -1.55. The molecule has 0 spiro atoms. The zero-order chi connectivity index (χ0) is 16.0. The van der Waals surface area contributed by atoms with Crippen molar-refractivity contribution in [3.63, 3.8) is 0 Å². The van der Waals surface area contributed by atoms with Gasteiger partial charge in [-0.1, -0.05) is 24.3 Å². The van der Waals surface area contributed by atoms with Crippen LogP contribution in [0.3, 0.4) is 0 Å². The normalized spacial score (nSPS) is 18.7. The minimum absolute atomic E-state index is 0.199. The van der Waals surface area contributed by atoms with Crippen LogP contribution in [0, 0.1) is 0 Å². The second-order valence-corrected chi connectivity index (χ2v) is 6.56. The number of fused-ring (bicyclic) bond motifs is 1. The lowest BCUT2D eigenvalue weighted by Crippen LogP contribution is -2.46. The van der Waals surface area contributed by atoms with E-state index in [1.807, 2.05) is 7.05 Å². The van der Waals surface area contributed by atoms with Gasteiger partial charge in [-0.2, -0.15) is 0 Å². The van der Waals surface area contributed by atoms with E-state index in [4.69, 9.17) is 4.74 Å². The number of ether oxygens (including phenoxy) is 1. The van der Waals surface area contributed by atoms with E-state index in [0.717, 1.165) is 19.0 Å². The molecule has 0 aromatic heterocycles. The van der Waals surface area contributed by atoms with Gasteiger partial charge in [0.2, 0.25) is 0 Å². The summed E-state index contributed by atoms with van der Waals surface area (Å²) >= 11 is 0. The van der Waals surface area contributed by atoms with Crippen LogP contribution >= 0.6 is 0 Å². The van der Waals surface area contributed by atoms with E-state index in [-0.39, 0.29) is 5.60 Å². The Kier molecular flexibility index (Phi) is 5.83. The van der Waals surface area contributed by atoms with Crippen molar-refractivity contribution < 1.29 is 4.74 Å². The Morgan fingerprint density at radius 2 is 2.09 bits per heavy atom. The van der Waals surface area contributed by atoms with Crippen LogP contribution in [0.5, 0.6) is 0 Å². The van der Waals surface area contributed by atoms with Gasteiger partial charge in [-0.05, 0) is 44.2 Å². The zero-order valence-corrected chi connectivity index (χ0v) is 14.3. The van der Waals surface area contributed by atoms with Crippen LogP contribution in [0.2, 0.25) is 0 Å². The van der Waals surface area contributed by atoms with Crippen LogP contribution in [-0.4, -0.2) is 38.8 Å². The molecule has 1 aliphatic carbocycles. The highest BCUT2D eigenvalue weighted by Crippen LogP contribution is 2.30. The Bertz CT molecular complexity index is 511. The van der Waals surface area contributed by atoms with Gasteiger partial charge in [0.25, 0.3) is 0 Å². The molecule has 0 bridgehead atoms. The maximum atomic E-state index is 5.43. The topological polar surface area (TPSA) is 45.7 Å². The van der Waals surface area contributed by atoms with Crippen LogP contribution in [0.4, 0.5) is 0 Å². The second kappa shape index (κ2) is 7.63. The van der Waals surface area contributed by atoms with Gasteiger partial charge in [-0.3, -0.25) is 4.99 Å². The Morgan fingerprint density at radius 3 is 2.82 bits per heavy atom. The van der Waals surface area contributed by atoms with Gasteiger partial charge in [-0.25, -0.2) is 0 Å². The molecular formula is C18H29N3O. The van der Waals surface area contributed by atoms with Gasteiger partial charge in [-0.15, -0.1) is 0 Å². The standard InChI is InChI=1S/C18H29N3O/c1-18(2,22-4)13-21-17(19-3)20-12-15-10-7-9-14-8-5-6-11-16(14)15/h5-6,8,11,15H,7,9-10,12-13H2,1-4H3,(H2,19,20,21). The van der Waals surface area contributed by atoms with E-state index in [0.29, 0.717) is 5.92 Å². The summed E-state index contributed by atoms with van der Waals surface area (Å²) in [5, 5.41) is 6.80. The molecule has 122 valence electrons. The van der Waals surface area contributed by atoms with Gasteiger partial charge in [0.05, 0.1) is 5.60 Å². The fourth-order valence-corrected chi connectivity index (χ4v) is 2.88. The lowest BCUT2D eigenvalue weighted by Gasteiger charge is -2.28. The molecule has 4 nitrogen and oxygen atoms in total. The Balaban J connectivity index is 1.89. The molecule has 0 fully saturated rings. The van der Waals surface area contributed by atoms with E-state index in [9.17, 15) is 0 Å². The Labute approximate surface area is 134 Å². The molecule has 0 amide bonds. The number of methoxy groups -OCH3 is 1. The molecule has 2 rings (SSSR count). The third-order valence-electron chi connectivity index (χ3n) is 4.47. The average molecular weight is 303 g/mol. The number of aryl methyl sites for hydroxylation is 1. The zero-order valence-electron chi connectivity index (χ0n) is 14.3. The summed E-state index contributed by atoms with van der Waals surface area (Å²) in [6.45, 7) is 5.77. The van der Waals surface area contributed by atoms with E-state index in [1.165, 1.54) is 30.4 Å². The summed E-state index contributed by atoms with van der Waals surface area (Å²) < 4.78 is 5.43. The van der Waals surface area contributed by atoms with Crippen molar-refractivity contribution in [2.75, 3.05) is 27.2 Å². The van der Waals surface area contributed by atoms with Crippen LogP contribution in [-0.2, 0) is 11.2 Å². The highest BCUT2D eigenvalue weighted by Gasteiger charge is 2.20. The lowest BCUT2D eigenvalue weighted by molar-refractivity contribution is 0.0268. The lowest BCUT2D eigenvalue weighted by atomic mass is 9.83. The van der Waals surface area contributed by atoms with Crippen molar-refractivity contribution >= 4 is 5.96 Å². The number of nitrogens with one attached hydrogen (secondary N) is 2. The van der Waals surface area contributed by atoms with Crippen LogP contribution in [0.25, 0.3) is 0 Å². The smallest absolute Gasteiger partial charge is 0.191 e. The maximum absolute atomic E-state index is 5.43. The van der Waals surface area contributed by atoms with E-state index in [1.54, 1.807) is 7.11 Å². The highest BCUT2D eigenvalue weighted by molar-refractivity contribution is 5.79. The van der Waals surface area contributed by atoms with Crippen molar-refractivity contribution in [3.05, 3.63) is 35.4 Å². The predicted molar refractivity (Wildman–Crippen MR) is 92.6 cm³/mol. The number of hydrogen-bond donors (Lipinski definition) is 2. The molecule has 0 aliphatic heterocycles. The average Bonchev–Trinajstić information content (AvgIpc) is 2.55. The van der Waals surface area contributed by atoms with Crippen molar-refractivity contribution in [3.8, 4) is 0 Å². The third kappa shape index (κ3) is 4.47. The van der Waals surface area contributed by atoms with Crippen molar-refractivity contribution in [1.82, 2.24) is 10.6 Å². The van der Waals surface area contributed by atoms with E-state index < -0.39 is 0 Å². The molecule has 2 N–H and O–H groups in total. The SMILES string of the molecule is CN=C(NCC1CCCc2ccccc21)NCC(C)(C)OC. The molecule has 1 unspecified atom stereocenters. The molecule has 4 heteroatoms. The first kappa shape index (κ1) is 16.8. The number of hydrogen-bond acceptors (Lipinski definition) is 2. The van der Waals surface area contributed by atoms with Crippen LogP contribution in [0.15, 0.2) is 29.3 Å². The minimum atomic E-state index is -0.199. The molecular weight excluding hydrogens is 274 g/mol. The molecule has 1 aliphatic rings. The number of nitrogens with zero attached hydrogens (tertiary/aromatic N) is 1. The molecule has 1 atom stereocenters. The Morgan fingerprint density at radius 1 is 1.32 bits per heavy atom. The number of benzene rings is 1. The summed E-state index contributed by atoms with van der Waals surface area (Å²) in [6.07, 6.45) is 3.72. The molecule has 22 heavy (non-hydrogen) atoms. The first-order chi connectivity index (χ1) is 10.6. The first-order valence-corrected chi connectivity index (χ1v) is 8.13. The molecule has 0 radical (unpaired) electrons. The largest absolute Gasteiger partial charge is 0.377 e. The number of rotatable bonds is 5. The van der Waals surface area contributed by atoms with Crippen LogP contribution in [0.1, 0.15) is 43.7 Å². The maximum Gasteiger partial charge on any atom is 0.191 e. The monoisotopic (exact) mass is 303 g/mol. The predicted octanol–water partition coefficient (Wildman–Crippen LogP) is 2.70. The molecule has 0 saturated carbocycles. The number of guanidine groups is 1. The van der Waals surface area contributed by atoms with Gasteiger partial charge in [0.15, 0.2) is 5.96 Å². The first-order valence-electron chi connectivity index (χ1n) is 8.13. The van der Waals surface area contributed by atoms with Crippen molar-refractivity contribution in [2.45, 2.75) is 44.6 Å². The van der Waals surface area contributed by atoms with E-state index >= 15 is 0 Å². The summed E-state index contributed by atoms with van der Waals surface area (Å²) in [4.78, 5) is 4.30. The molecule has 0 saturated heterocycles. The van der Waals surface area contributed by atoms with Crippen molar-refractivity contribution in [1.29, 1.82) is 0 Å². The summed E-state index contributed by atoms with van der Waals surface area (Å²) in [7, 11) is 3.54. The highest BCUT2D eigenvalue weighted by atomic mass is 16.5. The summed E-state index contributed by atoms with van der Waals surface area (Å²) in [5.74, 6) is 1.41. The third-order valence-corrected chi connectivity index (χ3v) is 4.47.